The highest BCUT2D eigenvalue weighted by atomic mass is 19.4. The molecule has 0 amide bonds. The Kier molecular flexibility index (Phi) is 8.17. The first-order valence-electron chi connectivity index (χ1n) is 12.0. The topological polar surface area (TPSA) is 133 Å². The van der Waals surface area contributed by atoms with Gasteiger partial charge in [0.25, 0.3) is 0 Å². The van der Waals surface area contributed by atoms with Crippen molar-refractivity contribution in [1.29, 1.82) is 0 Å². The zero-order valence-corrected chi connectivity index (χ0v) is 20.8. The molecular weight excluding hydrogens is 521 g/mol. The molecule has 1 saturated carbocycles. The fraction of sp³-hybridized carbons (Fsp3) is 0.346. The van der Waals surface area contributed by atoms with Crippen molar-refractivity contribution >= 4 is 17.9 Å². The summed E-state index contributed by atoms with van der Waals surface area (Å²) in [6, 6.07) is 12.5. The van der Waals surface area contributed by atoms with Crippen LogP contribution in [-0.4, -0.2) is 58.0 Å². The molecule has 0 aliphatic heterocycles. The predicted molar refractivity (Wildman–Crippen MR) is 131 cm³/mol. The van der Waals surface area contributed by atoms with E-state index in [1.165, 1.54) is 12.1 Å². The quantitative estimate of drug-likeness (QED) is 0.319. The van der Waals surface area contributed by atoms with Gasteiger partial charge in [-0.2, -0.15) is 28.1 Å². The molecule has 1 fully saturated rings. The van der Waals surface area contributed by atoms with E-state index in [2.05, 4.69) is 20.3 Å². The Balaban J connectivity index is 1.51. The van der Waals surface area contributed by atoms with Crippen molar-refractivity contribution in [3.05, 3.63) is 71.0 Å². The number of aromatic nitrogens is 3. The third-order valence-corrected chi connectivity index (χ3v) is 5.76. The van der Waals surface area contributed by atoms with Crippen molar-refractivity contribution in [1.82, 2.24) is 15.0 Å². The summed E-state index contributed by atoms with van der Waals surface area (Å²) < 4.78 is 53.4. The zero-order chi connectivity index (χ0) is 28.0. The Morgan fingerprint density at radius 2 is 1.69 bits per heavy atom. The number of nitrogens with zero attached hydrogens (tertiary/aromatic N) is 3. The van der Waals surface area contributed by atoms with Crippen LogP contribution in [0.4, 0.5) is 19.1 Å². The van der Waals surface area contributed by atoms with Gasteiger partial charge in [0.1, 0.15) is 11.6 Å². The molecule has 39 heavy (non-hydrogen) atoms. The standard InChI is InChI=1S/C26H25F3N4O6/c1-2-37-21(34)14-38-19-9-7-18(8-10-19)25(11-12-25)33-23-30-20(31-24(32-23)39-15-26(27,28)29)13-16-3-5-17(6-4-16)22(35)36/h3-10H,2,11-15H2,1H3,(H,35,36)(H,30,31,32,33). The molecule has 0 unspecified atom stereocenters. The second kappa shape index (κ2) is 11.5. The number of carboxylic acids is 1. The molecule has 13 heteroatoms. The second-order valence-electron chi connectivity index (χ2n) is 8.77. The van der Waals surface area contributed by atoms with E-state index in [4.69, 9.17) is 19.3 Å². The number of benzene rings is 2. The van der Waals surface area contributed by atoms with Gasteiger partial charge in [-0.1, -0.05) is 24.3 Å². The SMILES string of the molecule is CCOC(=O)COc1ccc(C2(Nc3nc(Cc4ccc(C(=O)O)cc4)nc(OCC(F)(F)F)n3)CC2)cc1. The third-order valence-electron chi connectivity index (χ3n) is 5.76. The van der Waals surface area contributed by atoms with Gasteiger partial charge in [-0.25, -0.2) is 9.59 Å². The number of alkyl halides is 3. The van der Waals surface area contributed by atoms with E-state index < -0.39 is 36.3 Å². The molecule has 206 valence electrons. The lowest BCUT2D eigenvalue weighted by Gasteiger charge is -2.19. The molecular formula is C26H25F3N4O6. The summed E-state index contributed by atoms with van der Waals surface area (Å²) in [5.74, 6) is -0.897. The molecule has 10 nitrogen and oxygen atoms in total. The van der Waals surface area contributed by atoms with Crippen molar-refractivity contribution in [2.24, 2.45) is 0 Å². The number of carbonyl (C=O) groups excluding carboxylic acids is 1. The molecule has 0 bridgehead atoms. The molecule has 0 radical (unpaired) electrons. The van der Waals surface area contributed by atoms with Crippen molar-refractivity contribution < 1.29 is 42.1 Å². The van der Waals surface area contributed by atoms with Crippen molar-refractivity contribution in [2.45, 2.75) is 37.9 Å². The molecule has 0 spiro atoms. The van der Waals surface area contributed by atoms with E-state index in [0.29, 0.717) is 24.2 Å². The number of esters is 1. The number of hydrogen-bond acceptors (Lipinski definition) is 9. The summed E-state index contributed by atoms with van der Waals surface area (Å²) >= 11 is 0. The number of rotatable bonds is 12. The highest BCUT2D eigenvalue weighted by Gasteiger charge is 2.45. The minimum Gasteiger partial charge on any atom is -0.482 e. The van der Waals surface area contributed by atoms with Gasteiger partial charge < -0.3 is 24.6 Å². The van der Waals surface area contributed by atoms with E-state index >= 15 is 0 Å². The summed E-state index contributed by atoms with van der Waals surface area (Å²) in [5, 5.41) is 12.3. The molecule has 1 aromatic heterocycles. The number of halogens is 3. The van der Waals surface area contributed by atoms with Crippen LogP contribution in [0.3, 0.4) is 0 Å². The van der Waals surface area contributed by atoms with Gasteiger partial charge in [0.05, 0.1) is 17.7 Å². The van der Waals surface area contributed by atoms with E-state index in [0.717, 1.165) is 5.56 Å². The first-order chi connectivity index (χ1) is 18.5. The van der Waals surface area contributed by atoms with E-state index in [1.54, 1.807) is 31.2 Å². The van der Waals surface area contributed by atoms with Gasteiger partial charge >= 0.3 is 24.1 Å². The van der Waals surface area contributed by atoms with Gasteiger partial charge in [0.2, 0.25) is 5.95 Å². The normalized spacial score (nSPS) is 13.8. The number of anilines is 1. The maximum Gasteiger partial charge on any atom is 0.422 e. The van der Waals surface area contributed by atoms with Gasteiger partial charge in [0.15, 0.2) is 13.2 Å². The summed E-state index contributed by atoms with van der Waals surface area (Å²) in [7, 11) is 0. The molecule has 1 heterocycles. The molecule has 2 aromatic carbocycles. The van der Waals surface area contributed by atoms with Crippen LogP contribution >= 0.6 is 0 Å². The van der Waals surface area contributed by atoms with E-state index in [1.807, 2.05) is 12.1 Å². The lowest BCUT2D eigenvalue weighted by molar-refractivity contribution is -0.154. The van der Waals surface area contributed by atoms with Crippen molar-refractivity contribution in [3.63, 3.8) is 0 Å². The second-order valence-corrected chi connectivity index (χ2v) is 8.77. The van der Waals surface area contributed by atoms with Crippen LogP contribution in [0.5, 0.6) is 11.8 Å². The number of nitrogens with one attached hydrogen (secondary N) is 1. The summed E-state index contributed by atoms with van der Waals surface area (Å²) in [5.41, 5.74) is 1.07. The minimum absolute atomic E-state index is 0.0412. The Hall–Kier alpha value is -4.42. The number of hydrogen-bond donors (Lipinski definition) is 2. The Labute approximate surface area is 221 Å². The summed E-state index contributed by atoms with van der Waals surface area (Å²) in [6.45, 7) is 0.174. The fourth-order valence-corrected chi connectivity index (χ4v) is 3.73. The van der Waals surface area contributed by atoms with Gasteiger partial charge in [-0.05, 0) is 55.2 Å². The average molecular weight is 547 g/mol. The molecule has 1 aliphatic rings. The summed E-state index contributed by atoms with van der Waals surface area (Å²) in [4.78, 5) is 35.0. The number of carbonyl (C=O) groups is 2. The van der Waals surface area contributed by atoms with Crippen LogP contribution < -0.4 is 14.8 Å². The van der Waals surface area contributed by atoms with Crippen molar-refractivity contribution in [3.8, 4) is 11.8 Å². The van der Waals surface area contributed by atoms with Gasteiger partial charge in [-0.15, -0.1) is 0 Å². The lowest BCUT2D eigenvalue weighted by atomic mass is 10.1. The Morgan fingerprint density at radius 1 is 1.00 bits per heavy atom. The van der Waals surface area contributed by atoms with Crippen molar-refractivity contribution in [2.75, 3.05) is 25.1 Å². The van der Waals surface area contributed by atoms with Crippen LogP contribution in [0, 0.1) is 0 Å². The predicted octanol–water partition coefficient (Wildman–Crippen LogP) is 4.14. The number of ether oxygens (including phenoxy) is 3. The molecule has 0 saturated heterocycles. The highest BCUT2D eigenvalue weighted by molar-refractivity contribution is 5.87. The van der Waals surface area contributed by atoms with Gasteiger partial charge in [-0.3, -0.25) is 0 Å². The van der Waals surface area contributed by atoms with Crippen LogP contribution in [0.1, 0.15) is 47.1 Å². The maximum absolute atomic E-state index is 12.8. The molecule has 3 aromatic rings. The highest BCUT2D eigenvalue weighted by Crippen LogP contribution is 2.48. The zero-order valence-electron chi connectivity index (χ0n) is 20.8. The van der Waals surface area contributed by atoms with E-state index in [9.17, 15) is 22.8 Å². The first kappa shape index (κ1) is 27.6. The lowest BCUT2D eigenvalue weighted by Crippen LogP contribution is -2.23. The van der Waals surface area contributed by atoms with Crippen LogP contribution in [0.15, 0.2) is 48.5 Å². The summed E-state index contributed by atoms with van der Waals surface area (Å²) in [6.07, 6.45) is -3.04. The monoisotopic (exact) mass is 546 g/mol. The Morgan fingerprint density at radius 3 is 2.28 bits per heavy atom. The minimum atomic E-state index is -4.58. The molecule has 2 N–H and O–H groups in total. The maximum atomic E-state index is 12.8. The van der Waals surface area contributed by atoms with Crippen LogP contribution in [-0.2, 0) is 21.5 Å². The number of carboxylic acid groups (broad SMARTS) is 1. The Bertz CT molecular complexity index is 1310. The average Bonchev–Trinajstić information content (AvgIpc) is 3.67. The van der Waals surface area contributed by atoms with E-state index in [-0.39, 0.29) is 37.0 Å². The first-order valence-corrected chi connectivity index (χ1v) is 12.0. The molecule has 0 atom stereocenters. The van der Waals surface area contributed by atoms with Crippen LogP contribution in [0.2, 0.25) is 0 Å². The third kappa shape index (κ3) is 7.79. The fourth-order valence-electron chi connectivity index (χ4n) is 3.73. The van der Waals surface area contributed by atoms with Crippen LogP contribution in [0.25, 0.3) is 0 Å². The smallest absolute Gasteiger partial charge is 0.422 e. The largest absolute Gasteiger partial charge is 0.482 e. The molecule has 1 aliphatic carbocycles. The number of aromatic carboxylic acids is 1. The molecule has 4 rings (SSSR count). The van der Waals surface area contributed by atoms with Gasteiger partial charge in [0, 0.05) is 6.42 Å².